The fraction of sp³-hybridized carbons (Fsp3) is 0.778. The molecular formula is C9H16N4O2S. The Labute approximate surface area is 94.7 Å². The highest BCUT2D eigenvalue weighted by atomic mass is 32.2. The third-order valence-electron chi connectivity index (χ3n) is 2.75. The number of sulfone groups is 1. The van der Waals surface area contributed by atoms with Crippen molar-refractivity contribution >= 4 is 9.84 Å². The van der Waals surface area contributed by atoms with Crippen molar-refractivity contribution in [3.05, 3.63) is 11.9 Å². The Morgan fingerprint density at radius 3 is 2.69 bits per heavy atom. The lowest BCUT2D eigenvalue weighted by atomic mass is 10.0. The molecule has 2 N–H and O–H groups in total. The van der Waals surface area contributed by atoms with E-state index in [4.69, 9.17) is 5.73 Å². The summed E-state index contributed by atoms with van der Waals surface area (Å²) < 4.78 is 24.3. The topological polar surface area (TPSA) is 90.9 Å². The van der Waals surface area contributed by atoms with Gasteiger partial charge in [-0.3, -0.25) is 0 Å². The van der Waals surface area contributed by atoms with Crippen LogP contribution in [0.2, 0.25) is 0 Å². The van der Waals surface area contributed by atoms with E-state index in [9.17, 15) is 8.42 Å². The molecule has 1 unspecified atom stereocenters. The maximum absolute atomic E-state index is 11.3. The third kappa shape index (κ3) is 2.25. The highest BCUT2D eigenvalue weighted by molar-refractivity contribution is 7.91. The SMILES string of the molecule is CC(C)(N)c1cn(C2CCS(=O)(=O)C2)nn1. The summed E-state index contributed by atoms with van der Waals surface area (Å²) in [5.41, 5.74) is 6.02. The summed E-state index contributed by atoms with van der Waals surface area (Å²) in [6, 6.07) is -0.0893. The summed E-state index contributed by atoms with van der Waals surface area (Å²) in [6.07, 6.45) is 2.35. The van der Waals surface area contributed by atoms with Crippen molar-refractivity contribution in [3.8, 4) is 0 Å². The Bertz CT molecular complexity index is 486. The molecule has 0 saturated carbocycles. The Hall–Kier alpha value is -0.950. The van der Waals surface area contributed by atoms with E-state index in [1.807, 2.05) is 13.8 Å². The number of aromatic nitrogens is 3. The van der Waals surface area contributed by atoms with Gasteiger partial charge >= 0.3 is 0 Å². The predicted molar refractivity (Wildman–Crippen MR) is 59.5 cm³/mol. The molecule has 2 rings (SSSR count). The molecule has 0 amide bonds. The molecule has 0 aliphatic carbocycles. The molecule has 7 heteroatoms. The predicted octanol–water partition coefficient (Wildman–Crippen LogP) is -0.168. The van der Waals surface area contributed by atoms with E-state index in [1.54, 1.807) is 10.9 Å². The van der Waals surface area contributed by atoms with Crippen LogP contribution < -0.4 is 5.73 Å². The molecule has 1 saturated heterocycles. The van der Waals surface area contributed by atoms with E-state index in [0.717, 1.165) is 0 Å². The van der Waals surface area contributed by atoms with Crippen LogP contribution in [0.5, 0.6) is 0 Å². The first kappa shape index (κ1) is 11.5. The third-order valence-corrected chi connectivity index (χ3v) is 4.50. The lowest BCUT2D eigenvalue weighted by molar-refractivity contribution is 0.484. The smallest absolute Gasteiger partial charge is 0.152 e. The standard InChI is InChI=1S/C9H16N4O2S/c1-9(2,10)8-5-13(12-11-8)7-3-4-16(14,15)6-7/h5,7H,3-4,6,10H2,1-2H3. The monoisotopic (exact) mass is 244 g/mol. The van der Waals surface area contributed by atoms with Crippen LogP contribution in [0.25, 0.3) is 0 Å². The van der Waals surface area contributed by atoms with E-state index >= 15 is 0 Å². The van der Waals surface area contributed by atoms with Gasteiger partial charge in [-0.15, -0.1) is 5.10 Å². The van der Waals surface area contributed by atoms with Crippen molar-refractivity contribution in [2.75, 3.05) is 11.5 Å². The van der Waals surface area contributed by atoms with Crippen molar-refractivity contribution in [3.63, 3.8) is 0 Å². The van der Waals surface area contributed by atoms with Gasteiger partial charge in [0, 0.05) is 0 Å². The van der Waals surface area contributed by atoms with E-state index in [2.05, 4.69) is 10.3 Å². The van der Waals surface area contributed by atoms with Crippen LogP contribution in [0.4, 0.5) is 0 Å². The maximum atomic E-state index is 11.3. The van der Waals surface area contributed by atoms with Crippen LogP contribution in [0.15, 0.2) is 6.20 Å². The van der Waals surface area contributed by atoms with Crippen LogP contribution in [0.1, 0.15) is 32.0 Å². The Balaban J connectivity index is 2.21. The fourth-order valence-corrected chi connectivity index (χ4v) is 3.44. The van der Waals surface area contributed by atoms with Gasteiger partial charge in [-0.1, -0.05) is 5.21 Å². The minimum Gasteiger partial charge on any atom is -0.320 e. The van der Waals surface area contributed by atoms with E-state index in [1.165, 1.54) is 0 Å². The largest absolute Gasteiger partial charge is 0.320 e. The Morgan fingerprint density at radius 2 is 2.25 bits per heavy atom. The highest BCUT2D eigenvalue weighted by Crippen LogP contribution is 2.23. The van der Waals surface area contributed by atoms with Crippen molar-refractivity contribution in [1.29, 1.82) is 0 Å². The second kappa shape index (κ2) is 3.53. The number of hydrogen-bond donors (Lipinski definition) is 1. The summed E-state index contributed by atoms with van der Waals surface area (Å²) in [7, 11) is -2.89. The summed E-state index contributed by atoms with van der Waals surface area (Å²) in [4.78, 5) is 0. The number of hydrogen-bond acceptors (Lipinski definition) is 5. The molecule has 90 valence electrons. The van der Waals surface area contributed by atoms with Gasteiger partial charge in [0.2, 0.25) is 0 Å². The molecule has 1 aliphatic rings. The molecule has 1 fully saturated rings. The molecule has 2 heterocycles. The first-order valence-electron chi connectivity index (χ1n) is 5.19. The summed E-state index contributed by atoms with van der Waals surface area (Å²) in [5, 5.41) is 7.93. The van der Waals surface area contributed by atoms with Gasteiger partial charge in [0.1, 0.15) is 5.69 Å². The average Bonchev–Trinajstić information content (AvgIpc) is 2.68. The van der Waals surface area contributed by atoms with Crippen LogP contribution in [-0.4, -0.2) is 34.9 Å². The molecule has 6 nitrogen and oxygen atoms in total. The first-order valence-corrected chi connectivity index (χ1v) is 7.02. The van der Waals surface area contributed by atoms with Crippen molar-refractivity contribution in [1.82, 2.24) is 15.0 Å². The first-order chi connectivity index (χ1) is 7.28. The minimum absolute atomic E-state index is 0.0893. The average molecular weight is 244 g/mol. The number of rotatable bonds is 2. The molecule has 0 aromatic carbocycles. The molecule has 1 aromatic rings. The van der Waals surface area contributed by atoms with Gasteiger partial charge in [0.05, 0.1) is 29.3 Å². The maximum Gasteiger partial charge on any atom is 0.152 e. The van der Waals surface area contributed by atoms with Gasteiger partial charge < -0.3 is 5.73 Å². The van der Waals surface area contributed by atoms with Crippen molar-refractivity contribution < 1.29 is 8.42 Å². The van der Waals surface area contributed by atoms with Gasteiger partial charge in [-0.05, 0) is 20.3 Å². The van der Waals surface area contributed by atoms with E-state index < -0.39 is 15.4 Å². The zero-order valence-corrected chi connectivity index (χ0v) is 10.2. The summed E-state index contributed by atoms with van der Waals surface area (Å²) >= 11 is 0. The number of nitrogens with two attached hydrogens (primary N) is 1. The molecular weight excluding hydrogens is 228 g/mol. The minimum atomic E-state index is -2.89. The van der Waals surface area contributed by atoms with Crippen LogP contribution in [0, 0.1) is 0 Å². The van der Waals surface area contributed by atoms with Crippen LogP contribution >= 0.6 is 0 Å². The molecule has 1 atom stereocenters. The summed E-state index contributed by atoms with van der Waals surface area (Å²) in [6.45, 7) is 3.68. The van der Waals surface area contributed by atoms with Gasteiger partial charge in [-0.25, -0.2) is 13.1 Å². The second-order valence-electron chi connectivity index (χ2n) is 4.86. The molecule has 1 aliphatic heterocycles. The lowest BCUT2D eigenvalue weighted by Gasteiger charge is -2.13. The Morgan fingerprint density at radius 1 is 1.56 bits per heavy atom. The van der Waals surface area contributed by atoms with Gasteiger partial charge in [0.15, 0.2) is 9.84 Å². The zero-order valence-electron chi connectivity index (χ0n) is 9.42. The lowest BCUT2D eigenvalue weighted by Crippen LogP contribution is -2.29. The van der Waals surface area contributed by atoms with Crippen LogP contribution in [0.3, 0.4) is 0 Å². The molecule has 0 bridgehead atoms. The zero-order chi connectivity index (χ0) is 12.0. The van der Waals surface area contributed by atoms with E-state index in [0.29, 0.717) is 12.1 Å². The highest BCUT2D eigenvalue weighted by Gasteiger charge is 2.30. The molecule has 16 heavy (non-hydrogen) atoms. The second-order valence-corrected chi connectivity index (χ2v) is 7.09. The van der Waals surface area contributed by atoms with Gasteiger partial charge in [0.25, 0.3) is 0 Å². The van der Waals surface area contributed by atoms with Crippen molar-refractivity contribution in [2.24, 2.45) is 5.73 Å². The molecule has 1 aromatic heterocycles. The fourth-order valence-electron chi connectivity index (χ4n) is 1.73. The normalized spacial score (nSPS) is 24.8. The molecule has 0 radical (unpaired) electrons. The van der Waals surface area contributed by atoms with E-state index in [-0.39, 0.29) is 17.5 Å². The quantitative estimate of drug-likeness (QED) is 0.780. The van der Waals surface area contributed by atoms with Gasteiger partial charge in [-0.2, -0.15) is 0 Å². The number of nitrogens with zero attached hydrogens (tertiary/aromatic N) is 3. The van der Waals surface area contributed by atoms with Crippen molar-refractivity contribution in [2.45, 2.75) is 31.8 Å². The summed E-state index contributed by atoms with van der Waals surface area (Å²) in [5.74, 6) is 0.389. The Kier molecular flexibility index (Phi) is 2.54. The van der Waals surface area contributed by atoms with Crippen LogP contribution in [-0.2, 0) is 15.4 Å². The molecule has 0 spiro atoms.